The average Bonchev–Trinajstić information content (AvgIpc) is 3.26. The number of alkyl halides is 6. The summed E-state index contributed by atoms with van der Waals surface area (Å²) in [4.78, 5) is 12.9. The highest BCUT2D eigenvalue weighted by atomic mass is 35.5. The zero-order chi connectivity index (χ0) is 28.7. The molecule has 0 fully saturated rings. The lowest BCUT2D eigenvalue weighted by atomic mass is 9.95. The largest absolute Gasteiger partial charge is 0.417 e. The number of fused-ring (bicyclic) bond motifs is 1. The Morgan fingerprint density at radius 1 is 0.897 bits per heavy atom. The van der Waals surface area contributed by atoms with E-state index in [0.717, 1.165) is 29.7 Å². The van der Waals surface area contributed by atoms with Crippen molar-refractivity contribution in [3.8, 4) is 0 Å². The second-order valence-corrected chi connectivity index (χ2v) is 9.71. The molecule has 0 saturated heterocycles. The zero-order valence-corrected chi connectivity index (χ0v) is 21.6. The SMILES string of the molecule is O=C(Cn1ccc2ccccc21)c1ccc(/C(F)=C/C(c2cc(Cl)c(Cl)c(Cl)c2)C(F)(F)F)cc1C(F)(F)F. The van der Waals surface area contributed by atoms with Crippen LogP contribution < -0.4 is 0 Å². The van der Waals surface area contributed by atoms with Gasteiger partial charge in [0.15, 0.2) is 5.78 Å². The molecule has 1 atom stereocenters. The summed E-state index contributed by atoms with van der Waals surface area (Å²) in [7, 11) is 0. The summed E-state index contributed by atoms with van der Waals surface area (Å²) in [6.07, 6.45) is -8.50. The fourth-order valence-corrected chi connectivity index (χ4v) is 4.68. The predicted molar refractivity (Wildman–Crippen MR) is 137 cm³/mol. The van der Waals surface area contributed by atoms with Crippen LogP contribution in [-0.4, -0.2) is 16.5 Å². The highest BCUT2D eigenvalue weighted by Crippen LogP contribution is 2.43. The number of para-hydroxylation sites is 1. The number of aromatic nitrogens is 1. The minimum Gasteiger partial charge on any atom is -0.340 e. The topological polar surface area (TPSA) is 22.0 Å². The average molecular weight is 609 g/mol. The van der Waals surface area contributed by atoms with E-state index in [4.69, 9.17) is 34.8 Å². The van der Waals surface area contributed by atoms with Crippen molar-refractivity contribution in [1.82, 2.24) is 4.57 Å². The fraction of sp³-hybridized carbons (Fsp3) is 0.148. The van der Waals surface area contributed by atoms with Crippen molar-refractivity contribution in [2.24, 2.45) is 0 Å². The molecule has 0 aliphatic heterocycles. The molecule has 0 amide bonds. The van der Waals surface area contributed by atoms with Gasteiger partial charge >= 0.3 is 12.4 Å². The number of carbonyl (C=O) groups is 1. The van der Waals surface area contributed by atoms with Gasteiger partial charge in [-0.25, -0.2) is 4.39 Å². The molecule has 0 bridgehead atoms. The zero-order valence-electron chi connectivity index (χ0n) is 19.3. The lowest BCUT2D eigenvalue weighted by Gasteiger charge is -2.19. The van der Waals surface area contributed by atoms with E-state index in [0.29, 0.717) is 11.6 Å². The molecule has 4 aromatic rings. The fourth-order valence-electron chi connectivity index (χ4n) is 4.07. The number of benzene rings is 3. The Hall–Kier alpha value is -3.01. The minimum atomic E-state index is -5.10. The van der Waals surface area contributed by atoms with E-state index in [1.54, 1.807) is 36.5 Å². The van der Waals surface area contributed by atoms with E-state index < -0.39 is 58.7 Å². The van der Waals surface area contributed by atoms with Crippen molar-refractivity contribution >= 4 is 57.3 Å². The van der Waals surface area contributed by atoms with Crippen LogP contribution in [-0.2, 0) is 12.7 Å². The van der Waals surface area contributed by atoms with Crippen LogP contribution in [0.25, 0.3) is 16.7 Å². The van der Waals surface area contributed by atoms with E-state index in [1.807, 2.05) is 0 Å². The Morgan fingerprint density at radius 2 is 1.54 bits per heavy atom. The van der Waals surface area contributed by atoms with Gasteiger partial charge in [0.1, 0.15) is 11.7 Å². The van der Waals surface area contributed by atoms with Crippen LogP contribution >= 0.6 is 34.8 Å². The summed E-state index contributed by atoms with van der Waals surface area (Å²) in [6.45, 7) is -0.442. The number of Topliss-reactive ketones (excluding diaryl/α,β-unsaturated/α-hetero) is 1. The Balaban J connectivity index is 1.73. The summed E-state index contributed by atoms with van der Waals surface area (Å²) in [5.41, 5.74) is -2.98. The number of nitrogens with zero attached hydrogens (tertiary/aromatic N) is 1. The molecule has 1 aromatic heterocycles. The van der Waals surface area contributed by atoms with Gasteiger partial charge < -0.3 is 4.57 Å². The van der Waals surface area contributed by atoms with Gasteiger partial charge in [-0.05, 0) is 47.4 Å². The van der Waals surface area contributed by atoms with Crippen molar-refractivity contribution in [3.05, 3.63) is 110 Å². The maximum Gasteiger partial charge on any atom is 0.417 e. The highest BCUT2D eigenvalue weighted by Gasteiger charge is 2.41. The molecule has 3 aromatic carbocycles. The van der Waals surface area contributed by atoms with E-state index in [2.05, 4.69) is 0 Å². The summed E-state index contributed by atoms with van der Waals surface area (Å²) in [5.74, 6) is -5.12. The molecule has 2 nitrogen and oxygen atoms in total. The van der Waals surface area contributed by atoms with Crippen LogP contribution in [0.2, 0.25) is 15.1 Å². The highest BCUT2D eigenvalue weighted by molar-refractivity contribution is 6.48. The first-order valence-corrected chi connectivity index (χ1v) is 12.2. The van der Waals surface area contributed by atoms with Crippen LogP contribution in [0.5, 0.6) is 0 Å². The molecule has 0 N–H and O–H groups in total. The second kappa shape index (κ2) is 10.9. The molecule has 0 aliphatic rings. The normalized spacial score (nSPS) is 13.6. The molecule has 39 heavy (non-hydrogen) atoms. The predicted octanol–water partition coefficient (Wildman–Crippen LogP) is 10.2. The monoisotopic (exact) mass is 607 g/mol. The second-order valence-electron chi connectivity index (χ2n) is 8.52. The van der Waals surface area contributed by atoms with Crippen molar-refractivity contribution in [2.75, 3.05) is 0 Å². The van der Waals surface area contributed by atoms with Crippen LogP contribution in [0.15, 0.2) is 72.9 Å². The van der Waals surface area contributed by atoms with E-state index in [9.17, 15) is 31.1 Å². The number of hydrogen-bond donors (Lipinski definition) is 0. The standard InChI is InChI=1S/C27H15Cl3F7NO/c28-20-10-16(11-21(29)25(20)30)18(26(32,33)34)12-22(31)15-5-6-17(19(9-15)27(35,36)37)24(39)13-38-8-7-14-3-1-2-4-23(14)38/h1-12,18H,13H2/b22-12-. The Labute approximate surface area is 232 Å². The van der Waals surface area contributed by atoms with Gasteiger partial charge in [-0.15, -0.1) is 0 Å². The molecule has 0 radical (unpaired) electrons. The molecule has 1 heterocycles. The van der Waals surface area contributed by atoms with Gasteiger partial charge in [-0.2, -0.15) is 26.3 Å². The summed E-state index contributed by atoms with van der Waals surface area (Å²) in [5, 5.41) is -0.0818. The third-order valence-corrected chi connectivity index (χ3v) is 7.12. The first kappa shape index (κ1) is 29.0. The Morgan fingerprint density at radius 3 is 2.15 bits per heavy atom. The van der Waals surface area contributed by atoms with E-state index in [-0.39, 0.29) is 21.1 Å². The summed E-state index contributed by atoms with van der Waals surface area (Å²) in [6, 6.07) is 12.2. The maximum atomic E-state index is 15.1. The first-order chi connectivity index (χ1) is 18.2. The van der Waals surface area contributed by atoms with Crippen molar-refractivity contribution in [2.45, 2.75) is 24.8 Å². The summed E-state index contributed by atoms with van der Waals surface area (Å²) < 4.78 is 99.7. The van der Waals surface area contributed by atoms with Crippen LogP contribution in [0.3, 0.4) is 0 Å². The van der Waals surface area contributed by atoms with Gasteiger partial charge in [0.05, 0.1) is 27.2 Å². The number of carbonyl (C=O) groups excluding carboxylic acids is 1. The molecule has 1 unspecified atom stereocenters. The molecule has 204 valence electrons. The summed E-state index contributed by atoms with van der Waals surface area (Å²) >= 11 is 17.4. The Bertz CT molecular complexity index is 1570. The molecule has 0 saturated carbocycles. The van der Waals surface area contributed by atoms with Crippen molar-refractivity contribution in [3.63, 3.8) is 0 Å². The minimum absolute atomic E-state index is 0.110. The van der Waals surface area contributed by atoms with Crippen LogP contribution in [0.1, 0.15) is 33.0 Å². The number of ketones is 1. The number of hydrogen-bond acceptors (Lipinski definition) is 1. The number of halogens is 10. The smallest absolute Gasteiger partial charge is 0.340 e. The van der Waals surface area contributed by atoms with E-state index >= 15 is 4.39 Å². The van der Waals surface area contributed by atoms with Gasteiger partial charge in [-0.1, -0.05) is 65.1 Å². The number of rotatable bonds is 6. The first-order valence-electron chi connectivity index (χ1n) is 11.0. The van der Waals surface area contributed by atoms with E-state index in [1.165, 1.54) is 4.57 Å². The van der Waals surface area contributed by atoms with Crippen molar-refractivity contribution < 1.29 is 35.5 Å². The van der Waals surface area contributed by atoms with Crippen LogP contribution in [0, 0.1) is 0 Å². The molecule has 0 spiro atoms. The Kier molecular flexibility index (Phi) is 8.08. The molecule has 4 rings (SSSR count). The molecule has 12 heteroatoms. The molecular weight excluding hydrogens is 594 g/mol. The van der Waals surface area contributed by atoms with Gasteiger partial charge in [-0.3, -0.25) is 4.79 Å². The van der Waals surface area contributed by atoms with Gasteiger partial charge in [0.25, 0.3) is 0 Å². The maximum absolute atomic E-state index is 15.1. The third-order valence-electron chi connectivity index (χ3n) is 5.93. The van der Waals surface area contributed by atoms with Crippen LogP contribution in [0.4, 0.5) is 30.7 Å². The quantitative estimate of drug-likeness (QED) is 0.121. The van der Waals surface area contributed by atoms with Gasteiger partial charge in [0, 0.05) is 22.8 Å². The third kappa shape index (κ3) is 6.26. The van der Waals surface area contributed by atoms with Gasteiger partial charge in [0.2, 0.25) is 0 Å². The lowest BCUT2D eigenvalue weighted by molar-refractivity contribution is -0.140. The molecule has 0 aliphatic carbocycles. The lowest BCUT2D eigenvalue weighted by Crippen LogP contribution is -2.19. The van der Waals surface area contributed by atoms with Crippen molar-refractivity contribution in [1.29, 1.82) is 0 Å². The number of allylic oxidation sites excluding steroid dienone is 1. The molecular formula is C27H15Cl3F7NO.